The van der Waals surface area contributed by atoms with E-state index in [9.17, 15) is 23.3 Å². The van der Waals surface area contributed by atoms with Crippen molar-refractivity contribution in [2.75, 3.05) is 25.0 Å². The summed E-state index contributed by atoms with van der Waals surface area (Å²) in [7, 11) is -3.60. The van der Waals surface area contributed by atoms with Gasteiger partial charge in [-0.15, -0.1) is 0 Å². The van der Waals surface area contributed by atoms with E-state index in [4.69, 9.17) is 16.3 Å². The first-order valence-corrected chi connectivity index (χ1v) is 11.5. The van der Waals surface area contributed by atoms with Crippen LogP contribution in [0.2, 0.25) is 5.02 Å². The molecule has 0 unspecified atom stereocenters. The Bertz CT molecular complexity index is 1130. The van der Waals surface area contributed by atoms with E-state index in [0.717, 1.165) is 0 Å². The molecule has 10 heteroatoms. The van der Waals surface area contributed by atoms with Gasteiger partial charge >= 0.3 is 5.97 Å². The van der Waals surface area contributed by atoms with Gasteiger partial charge in [0.15, 0.2) is 6.61 Å². The molecule has 0 aliphatic carbocycles. The van der Waals surface area contributed by atoms with Crippen molar-refractivity contribution in [3.63, 3.8) is 0 Å². The third-order valence-electron chi connectivity index (χ3n) is 4.34. The Balaban J connectivity index is 1.97. The molecule has 1 N–H and O–H groups in total. The minimum absolute atomic E-state index is 0.108. The lowest BCUT2D eigenvalue weighted by Gasteiger charge is -2.18. The molecular weight excluding hydrogens is 454 g/mol. The Labute approximate surface area is 192 Å². The summed E-state index contributed by atoms with van der Waals surface area (Å²) in [6.07, 6.45) is 1.33. The first-order valence-electron chi connectivity index (χ1n) is 9.65. The van der Waals surface area contributed by atoms with Gasteiger partial charge < -0.3 is 10.1 Å². The van der Waals surface area contributed by atoms with Crippen molar-refractivity contribution in [1.82, 2.24) is 4.31 Å². The maximum atomic E-state index is 12.5. The van der Waals surface area contributed by atoms with Crippen LogP contribution in [-0.4, -0.2) is 44.3 Å². The largest absolute Gasteiger partial charge is 0.451 e. The van der Waals surface area contributed by atoms with E-state index in [1.165, 1.54) is 34.6 Å². The van der Waals surface area contributed by atoms with Crippen molar-refractivity contribution in [2.45, 2.75) is 18.7 Å². The lowest BCUT2D eigenvalue weighted by Crippen LogP contribution is -2.30. The molecular formula is C22H22ClN3O5S. The van der Waals surface area contributed by atoms with Crippen molar-refractivity contribution in [2.24, 2.45) is 0 Å². The van der Waals surface area contributed by atoms with Crippen LogP contribution in [0.25, 0.3) is 6.08 Å². The molecule has 0 atom stereocenters. The van der Waals surface area contributed by atoms with Gasteiger partial charge in [-0.1, -0.05) is 37.6 Å². The van der Waals surface area contributed by atoms with Gasteiger partial charge in [0.1, 0.15) is 11.6 Å². The van der Waals surface area contributed by atoms with Gasteiger partial charge in [0.2, 0.25) is 10.0 Å². The summed E-state index contributed by atoms with van der Waals surface area (Å²) < 4.78 is 31.2. The van der Waals surface area contributed by atoms with E-state index >= 15 is 0 Å². The van der Waals surface area contributed by atoms with Gasteiger partial charge in [0.05, 0.1) is 4.90 Å². The minimum atomic E-state index is -3.60. The average Bonchev–Trinajstić information content (AvgIpc) is 2.78. The summed E-state index contributed by atoms with van der Waals surface area (Å²) in [5.41, 5.74) is 0.639. The molecule has 0 aliphatic heterocycles. The average molecular weight is 476 g/mol. The Morgan fingerprint density at radius 1 is 1.09 bits per heavy atom. The Morgan fingerprint density at radius 3 is 2.22 bits per heavy atom. The minimum Gasteiger partial charge on any atom is -0.451 e. The summed E-state index contributed by atoms with van der Waals surface area (Å²) in [4.78, 5) is 24.3. The fourth-order valence-corrected chi connectivity index (χ4v) is 4.28. The molecule has 0 fully saturated rings. The van der Waals surface area contributed by atoms with Crippen LogP contribution in [0.15, 0.2) is 59.0 Å². The van der Waals surface area contributed by atoms with E-state index < -0.39 is 28.5 Å². The number of carbonyl (C=O) groups is 2. The molecule has 2 aromatic carbocycles. The molecule has 32 heavy (non-hydrogen) atoms. The summed E-state index contributed by atoms with van der Waals surface area (Å²) in [6, 6.07) is 13.9. The predicted octanol–water partition coefficient (Wildman–Crippen LogP) is 3.46. The third kappa shape index (κ3) is 6.65. The smallest absolute Gasteiger partial charge is 0.349 e. The fraction of sp³-hybridized carbons (Fsp3) is 0.227. The highest BCUT2D eigenvalue weighted by molar-refractivity contribution is 7.89. The molecule has 0 spiro atoms. The lowest BCUT2D eigenvalue weighted by molar-refractivity contribution is -0.142. The Morgan fingerprint density at radius 2 is 1.69 bits per heavy atom. The zero-order valence-electron chi connectivity index (χ0n) is 17.5. The number of anilines is 1. The zero-order valence-corrected chi connectivity index (χ0v) is 19.1. The monoisotopic (exact) mass is 475 g/mol. The zero-order chi connectivity index (χ0) is 23.7. The number of hydrogen-bond acceptors (Lipinski definition) is 6. The Kier molecular flexibility index (Phi) is 8.96. The summed E-state index contributed by atoms with van der Waals surface area (Å²) >= 11 is 5.80. The van der Waals surface area contributed by atoms with E-state index in [1.807, 2.05) is 0 Å². The number of halogens is 1. The maximum Gasteiger partial charge on any atom is 0.349 e. The van der Waals surface area contributed by atoms with Gasteiger partial charge in [-0.05, 0) is 48.0 Å². The number of nitrogens with one attached hydrogen (secondary N) is 1. The molecule has 8 nitrogen and oxygen atoms in total. The quantitative estimate of drug-likeness (QED) is 0.337. The van der Waals surface area contributed by atoms with Crippen LogP contribution in [0.4, 0.5) is 5.69 Å². The van der Waals surface area contributed by atoms with E-state index in [2.05, 4.69) is 5.32 Å². The highest BCUT2D eigenvalue weighted by atomic mass is 35.5. The predicted molar refractivity (Wildman–Crippen MR) is 121 cm³/mol. The number of hydrogen-bond donors (Lipinski definition) is 1. The second-order valence-electron chi connectivity index (χ2n) is 6.46. The van der Waals surface area contributed by atoms with E-state index in [0.29, 0.717) is 29.4 Å². The summed E-state index contributed by atoms with van der Waals surface area (Å²) in [6.45, 7) is 3.58. The highest BCUT2D eigenvalue weighted by Crippen LogP contribution is 2.18. The molecule has 168 valence electrons. The standard InChI is InChI=1S/C22H22ClN3O5S/c1-3-26(4-2)32(29,30)20-11-9-19(10-12-20)25-21(27)15-31-22(28)17(14-24)13-16-5-7-18(23)8-6-16/h5-13H,3-4,15H2,1-2H3,(H,25,27). The molecule has 2 rings (SSSR count). The molecule has 2 aromatic rings. The number of benzene rings is 2. The lowest BCUT2D eigenvalue weighted by atomic mass is 10.1. The fourth-order valence-electron chi connectivity index (χ4n) is 2.69. The normalized spacial score (nSPS) is 11.7. The van der Waals surface area contributed by atoms with Crippen molar-refractivity contribution in [3.8, 4) is 6.07 Å². The third-order valence-corrected chi connectivity index (χ3v) is 6.65. The second-order valence-corrected chi connectivity index (χ2v) is 8.83. The van der Waals surface area contributed by atoms with Crippen molar-refractivity contribution >= 4 is 45.3 Å². The van der Waals surface area contributed by atoms with Crippen LogP contribution >= 0.6 is 11.6 Å². The number of esters is 1. The SMILES string of the molecule is CCN(CC)S(=O)(=O)c1ccc(NC(=O)COC(=O)C(C#N)=Cc2ccc(Cl)cc2)cc1. The van der Waals surface area contributed by atoms with E-state index in [-0.39, 0.29) is 10.5 Å². The van der Waals surface area contributed by atoms with Crippen LogP contribution in [0.3, 0.4) is 0 Å². The van der Waals surface area contributed by atoms with Crippen molar-refractivity contribution < 1.29 is 22.7 Å². The van der Waals surface area contributed by atoms with Gasteiger partial charge in [-0.2, -0.15) is 9.57 Å². The van der Waals surface area contributed by atoms with Crippen molar-refractivity contribution in [3.05, 3.63) is 64.7 Å². The van der Waals surface area contributed by atoms with Crippen LogP contribution in [0, 0.1) is 11.3 Å². The van der Waals surface area contributed by atoms with Gasteiger partial charge in [0, 0.05) is 23.8 Å². The number of nitrogens with zero attached hydrogens (tertiary/aromatic N) is 2. The number of amides is 1. The molecule has 0 radical (unpaired) electrons. The highest BCUT2D eigenvalue weighted by Gasteiger charge is 2.21. The number of ether oxygens (including phenoxy) is 1. The molecule has 0 aliphatic rings. The summed E-state index contributed by atoms with van der Waals surface area (Å²) in [5, 5.41) is 12.2. The topological polar surface area (TPSA) is 117 Å². The van der Waals surface area contributed by atoms with Crippen molar-refractivity contribution in [1.29, 1.82) is 5.26 Å². The molecule has 1 amide bonds. The first kappa shape index (κ1) is 25.1. The second kappa shape index (κ2) is 11.4. The molecule has 0 saturated carbocycles. The Hall–Kier alpha value is -3.19. The molecule has 0 bridgehead atoms. The van der Waals surface area contributed by atoms with Crippen LogP contribution in [0.1, 0.15) is 19.4 Å². The molecule has 0 heterocycles. The number of carbonyl (C=O) groups excluding carboxylic acids is 2. The summed E-state index contributed by atoms with van der Waals surface area (Å²) in [5.74, 6) is -1.58. The number of nitriles is 1. The number of rotatable bonds is 9. The van der Waals surface area contributed by atoms with Crippen LogP contribution < -0.4 is 5.32 Å². The van der Waals surface area contributed by atoms with Gasteiger partial charge in [0.25, 0.3) is 5.91 Å². The van der Waals surface area contributed by atoms with Crippen LogP contribution in [0.5, 0.6) is 0 Å². The van der Waals surface area contributed by atoms with E-state index in [1.54, 1.807) is 44.2 Å². The van der Waals surface area contributed by atoms with Gasteiger partial charge in [-0.3, -0.25) is 4.79 Å². The first-order chi connectivity index (χ1) is 15.2. The number of sulfonamides is 1. The molecule has 0 aromatic heterocycles. The maximum absolute atomic E-state index is 12.5. The van der Waals surface area contributed by atoms with Crippen LogP contribution in [-0.2, 0) is 24.3 Å². The van der Waals surface area contributed by atoms with Gasteiger partial charge in [-0.25, -0.2) is 13.2 Å². The molecule has 0 saturated heterocycles.